The van der Waals surface area contributed by atoms with E-state index in [1.54, 1.807) is 31.4 Å². The van der Waals surface area contributed by atoms with Crippen LogP contribution in [0.5, 0.6) is 11.5 Å². The molecule has 2 aromatic carbocycles. The number of methoxy groups -OCH3 is 1. The van der Waals surface area contributed by atoms with Gasteiger partial charge >= 0.3 is 0 Å². The minimum atomic E-state index is -1.41. The van der Waals surface area contributed by atoms with Crippen molar-refractivity contribution in [1.29, 1.82) is 0 Å². The molecule has 0 radical (unpaired) electrons. The van der Waals surface area contributed by atoms with Crippen molar-refractivity contribution in [3.8, 4) is 11.5 Å². The number of piperidine rings is 1. The highest BCUT2D eigenvalue weighted by molar-refractivity contribution is 5.43. The van der Waals surface area contributed by atoms with E-state index >= 15 is 0 Å². The Morgan fingerprint density at radius 1 is 1.17 bits per heavy atom. The molecule has 1 fully saturated rings. The second-order valence-electron chi connectivity index (χ2n) is 7.60. The summed E-state index contributed by atoms with van der Waals surface area (Å²) in [7, 11) is 1.63. The number of aliphatic hydroxyl groups is 1. The molecular weight excluding hydrogens is 376 g/mol. The van der Waals surface area contributed by atoms with Crippen LogP contribution in [0.4, 0.5) is 8.78 Å². The maximum absolute atomic E-state index is 14.8. The van der Waals surface area contributed by atoms with E-state index < -0.39 is 17.2 Å². The molecule has 29 heavy (non-hydrogen) atoms. The van der Waals surface area contributed by atoms with E-state index in [4.69, 9.17) is 9.47 Å². The minimum absolute atomic E-state index is 0.114. The molecule has 1 aliphatic heterocycles. The number of para-hydroxylation sites is 1. The highest BCUT2D eigenvalue weighted by Crippen LogP contribution is 2.44. The van der Waals surface area contributed by atoms with Gasteiger partial charge in [-0.15, -0.1) is 0 Å². The molecule has 6 heteroatoms. The first-order chi connectivity index (χ1) is 14.0. The fraction of sp³-hybridized carbons (Fsp3) is 0.478. The lowest BCUT2D eigenvalue weighted by atomic mass is 9.74. The lowest BCUT2D eigenvalue weighted by molar-refractivity contribution is -0.0452. The Kier molecular flexibility index (Phi) is 7.58. The molecule has 2 aromatic rings. The first-order valence-electron chi connectivity index (χ1n) is 10.2. The van der Waals surface area contributed by atoms with Gasteiger partial charge in [0.25, 0.3) is 0 Å². The molecule has 2 N–H and O–H groups in total. The number of halogens is 2. The largest absolute Gasteiger partial charge is 0.454 e. The van der Waals surface area contributed by atoms with Gasteiger partial charge in [-0.2, -0.15) is 0 Å². The van der Waals surface area contributed by atoms with Gasteiger partial charge in [0, 0.05) is 37.8 Å². The van der Waals surface area contributed by atoms with Crippen molar-refractivity contribution in [3.05, 3.63) is 59.7 Å². The maximum atomic E-state index is 14.8. The van der Waals surface area contributed by atoms with E-state index in [2.05, 4.69) is 5.32 Å². The second kappa shape index (κ2) is 10.1. The van der Waals surface area contributed by atoms with Crippen LogP contribution in [0.1, 0.15) is 37.7 Å². The Hall–Kier alpha value is -2.02. The summed E-state index contributed by atoms with van der Waals surface area (Å²) in [5, 5.41) is 15.1. The van der Waals surface area contributed by atoms with E-state index in [-0.39, 0.29) is 17.2 Å². The van der Waals surface area contributed by atoms with Crippen molar-refractivity contribution >= 4 is 0 Å². The lowest BCUT2D eigenvalue weighted by Crippen LogP contribution is -2.44. The molecule has 0 saturated carbocycles. The average molecular weight is 405 g/mol. The number of unbranched alkanes of at least 4 members (excludes halogenated alkanes) is 1. The van der Waals surface area contributed by atoms with E-state index in [0.717, 1.165) is 31.9 Å². The summed E-state index contributed by atoms with van der Waals surface area (Å²) in [5.41, 5.74) is -1.24. The third-order valence-corrected chi connectivity index (χ3v) is 5.57. The fourth-order valence-corrected chi connectivity index (χ4v) is 4.05. The Morgan fingerprint density at radius 2 is 1.97 bits per heavy atom. The first kappa shape index (κ1) is 21.7. The molecule has 0 aliphatic carbocycles. The SMILES string of the molecule is COCCCC[C@@](O)(c1cc(F)cc(F)c1Oc1ccccc1)[C@@H]1CCCNC1. The molecule has 0 unspecified atom stereocenters. The number of ether oxygens (including phenoxy) is 2. The summed E-state index contributed by atoms with van der Waals surface area (Å²) in [4.78, 5) is 0. The topological polar surface area (TPSA) is 50.7 Å². The molecule has 2 atom stereocenters. The van der Waals surface area contributed by atoms with Crippen molar-refractivity contribution in [2.75, 3.05) is 26.8 Å². The van der Waals surface area contributed by atoms with Crippen LogP contribution in [-0.2, 0) is 10.3 Å². The maximum Gasteiger partial charge on any atom is 0.169 e. The molecule has 158 valence electrons. The van der Waals surface area contributed by atoms with Crippen molar-refractivity contribution in [3.63, 3.8) is 0 Å². The zero-order valence-corrected chi connectivity index (χ0v) is 16.8. The van der Waals surface area contributed by atoms with Crippen molar-refractivity contribution in [2.24, 2.45) is 5.92 Å². The zero-order valence-electron chi connectivity index (χ0n) is 16.8. The molecule has 1 heterocycles. The summed E-state index contributed by atoms with van der Waals surface area (Å²) in [5.74, 6) is -1.39. The van der Waals surface area contributed by atoms with Gasteiger partial charge in [-0.05, 0) is 56.8 Å². The lowest BCUT2D eigenvalue weighted by Gasteiger charge is -2.40. The molecular formula is C23H29F2NO3. The van der Waals surface area contributed by atoms with Crippen LogP contribution in [0, 0.1) is 17.6 Å². The highest BCUT2D eigenvalue weighted by Gasteiger charge is 2.42. The van der Waals surface area contributed by atoms with Crippen molar-refractivity contribution in [2.45, 2.75) is 37.7 Å². The molecule has 0 spiro atoms. The third kappa shape index (κ3) is 5.32. The van der Waals surface area contributed by atoms with Crippen LogP contribution in [-0.4, -0.2) is 31.9 Å². The van der Waals surface area contributed by atoms with Gasteiger partial charge in [0.1, 0.15) is 11.6 Å². The third-order valence-electron chi connectivity index (χ3n) is 5.57. The van der Waals surface area contributed by atoms with E-state index in [0.29, 0.717) is 31.7 Å². The Morgan fingerprint density at radius 3 is 2.66 bits per heavy atom. The molecule has 0 bridgehead atoms. The normalized spacial score (nSPS) is 19.0. The molecule has 1 aliphatic rings. The van der Waals surface area contributed by atoms with Crippen LogP contribution in [0.2, 0.25) is 0 Å². The summed E-state index contributed by atoms with van der Waals surface area (Å²) in [6.07, 6.45) is 3.47. The number of nitrogens with one attached hydrogen (secondary N) is 1. The van der Waals surface area contributed by atoms with Crippen LogP contribution >= 0.6 is 0 Å². The van der Waals surface area contributed by atoms with E-state index in [1.807, 2.05) is 6.07 Å². The monoisotopic (exact) mass is 405 g/mol. The van der Waals surface area contributed by atoms with E-state index in [9.17, 15) is 13.9 Å². The Balaban J connectivity index is 2.00. The van der Waals surface area contributed by atoms with Crippen LogP contribution in [0.25, 0.3) is 0 Å². The summed E-state index contributed by atoms with van der Waals surface area (Å²) < 4.78 is 40.0. The van der Waals surface area contributed by atoms with Gasteiger partial charge in [0.2, 0.25) is 0 Å². The second-order valence-corrected chi connectivity index (χ2v) is 7.60. The minimum Gasteiger partial charge on any atom is -0.454 e. The summed E-state index contributed by atoms with van der Waals surface area (Å²) in [6, 6.07) is 10.8. The first-order valence-corrected chi connectivity index (χ1v) is 10.2. The van der Waals surface area contributed by atoms with Gasteiger partial charge in [-0.25, -0.2) is 8.78 Å². The summed E-state index contributed by atoms with van der Waals surface area (Å²) >= 11 is 0. The van der Waals surface area contributed by atoms with Gasteiger partial charge in [-0.3, -0.25) is 0 Å². The average Bonchev–Trinajstić information content (AvgIpc) is 2.74. The quantitative estimate of drug-likeness (QED) is 0.591. The van der Waals surface area contributed by atoms with E-state index in [1.165, 1.54) is 6.07 Å². The number of hydrogen-bond donors (Lipinski definition) is 2. The van der Waals surface area contributed by atoms with Gasteiger partial charge in [0.05, 0.1) is 5.60 Å². The molecule has 3 rings (SSSR count). The van der Waals surface area contributed by atoms with Crippen molar-refractivity contribution < 1.29 is 23.4 Å². The van der Waals surface area contributed by atoms with Gasteiger partial charge in [0.15, 0.2) is 11.6 Å². The van der Waals surface area contributed by atoms with Crippen LogP contribution in [0.3, 0.4) is 0 Å². The Bertz CT molecular complexity index is 781. The number of hydrogen-bond acceptors (Lipinski definition) is 4. The Labute approximate surface area is 170 Å². The standard InChI is InChI=1S/C23H29F2NO3/c1-28-13-6-5-11-23(27,17-8-7-12-26-16-17)20-14-18(24)15-21(25)22(20)29-19-9-3-2-4-10-19/h2-4,9-10,14-15,17,26-27H,5-8,11-13,16H2,1H3/t17-,23+/m1/s1. The number of rotatable bonds is 9. The van der Waals surface area contributed by atoms with Crippen LogP contribution in [0.15, 0.2) is 42.5 Å². The zero-order chi connectivity index (χ0) is 20.7. The van der Waals surface area contributed by atoms with Crippen LogP contribution < -0.4 is 10.1 Å². The number of benzene rings is 2. The molecule has 1 saturated heterocycles. The highest BCUT2D eigenvalue weighted by atomic mass is 19.1. The predicted molar refractivity (Wildman–Crippen MR) is 108 cm³/mol. The van der Waals surface area contributed by atoms with Gasteiger partial charge in [-0.1, -0.05) is 18.2 Å². The summed E-state index contributed by atoms with van der Waals surface area (Å²) in [6.45, 7) is 2.04. The molecule has 0 amide bonds. The molecule has 4 nitrogen and oxygen atoms in total. The smallest absolute Gasteiger partial charge is 0.169 e. The fourth-order valence-electron chi connectivity index (χ4n) is 4.05. The molecule has 0 aromatic heterocycles. The van der Waals surface area contributed by atoms with Gasteiger partial charge < -0.3 is 19.9 Å². The van der Waals surface area contributed by atoms with Crippen molar-refractivity contribution in [1.82, 2.24) is 5.32 Å². The predicted octanol–water partition coefficient (Wildman–Crippen LogP) is 4.76.